The van der Waals surface area contributed by atoms with E-state index >= 15 is 0 Å². The SMILES string of the molecule is CC1CCN(C(C(C)C)C(N)c2ccccc2)C1. The molecule has 2 nitrogen and oxygen atoms in total. The first-order valence-electron chi connectivity index (χ1n) is 7.14. The minimum Gasteiger partial charge on any atom is -0.323 e. The Morgan fingerprint density at radius 3 is 2.39 bits per heavy atom. The summed E-state index contributed by atoms with van der Waals surface area (Å²) in [4.78, 5) is 2.59. The molecule has 0 amide bonds. The van der Waals surface area contributed by atoms with Crippen molar-refractivity contribution in [3.8, 4) is 0 Å². The van der Waals surface area contributed by atoms with Gasteiger partial charge in [0.1, 0.15) is 0 Å². The first-order chi connectivity index (χ1) is 8.59. The van der Waals surface area contributed by atoms with Crippen LogP contribution in [-0.2, 0) is 0 Å². The van der Waals surface area contributed by atoms with Crippen LogP contribution >= 0.6 is 0 Å². The van der Waals surface area contributed by atoms with Crippen molar-refractivity contribution in [2.24, 2.45) is 17.6 Å². The Bertz CT molecular complexity index is 361. The molecule has 1 aromatic carbocycles. The minimum absolute atomic E-state index is 0.122. The molecule has 1 fully saturated rings. The molecule has 1 aromatic rings. The molecule has 1 aliphatic rings. The zero-order valence-corrected chi connectivity index (χ0v) is 11.8. The van der Waals surface area contributed by atoms with E-state index in [-0.39, 0.29) is 6.04 Å². The van der Waals surface area contributed by atoms with Crippen molar-refractivity contribution in [1.82, 2.24) is 4.90 Å². The third-order valence-corrected chi connectivity index (χ3v) is 4.11. The van der Waals surface area contributed by atoms with E-state index < -0.39 is 0 Å². The molecule has 0 radical (unpaired) electrons. The second-order valence-corrected chi connectivity index (χ2v) is 6.06. The number of benzene rings is 1. The van der Waals surface area contributed by atoms with Crippen molar-refractivity contribution < 1.29 is 0 Å². The maximum Gasteiger partial charge on any atom is 0.0455 e. The highest BCUT2D eigenvalue weighted by molar-refractivity contribution is 5.20. The molecule has 2 rings (SSSR count). The van der Waals surface area contributed by atoms with Gasteiger partial charge in [-0.1, -0.05) is 51.1 Å². The van der Waals surface area contributed by atoms with E-state index in [0.717, 1.165) is 5.92 Å². The van der Waals surface area contributed by atoms with Gasteiger partial charge in [0.15, 0.2) is 0 Å². The van der Waals surface area contributed by atoms with Gasteiger partial charge in [0, 0.05) is 18.6 Å². The summed E-state index contributed by atoms with van der Waals surface area (Å²) in [5, 5.41) is 0. The van der Waals surface area contributed by atoms with Crippen LogP contribution in [-0.4, -0.2) is 24.0 Å². The largest absolute Gasteiger partial charge is 0.323 e. The highest BCUT2D eigenvalue weighted by Gasteiger charge is 2.32. The molecule has 3 atom stereocenters. The van der Waals surface area contributed by atoms with Gasteiger partial charge in [-0.05, 0) is 30.4 Å². The van der Waals surface area contributed by atoms with Crippen LogP contribution < -0.4 is 5.73 Å². The molecular formula is C16H26N2. The van der Waals surface area contributed by atoms with Crippen LogP contribution in [0.2, 0.25) is 0 Å². The summed E-state index contributed by atoms with van der Waals surface area (Å²) in [6, 6.07) is 11.1. The van der Waals surface area contributed by atoms with Gasteiger partial charge in [-0.2, -0.15) is 0 Å². The summed E-state index contributed by atoms with van der Waals surface area (Å²) in [6.45, 7) is 9.31. The molecule has 0 spiro atoms. The molecule has 100 valence electrons. The quantitative estimate of drug-likeness (QED) is 0.884. The van der Waals surface area contributed by atoms with Gasteiger partial charge in [0.25, 0.3) is 0 Å². The molecule has 3 unspecified atom stereocenters. The molecule has 0 aromatic heterocycles. The van der Waals surface area contributed by atoms with E-state index in [1.54, 1.807) is 0 Å². The lowest BCUT2D eigenvalue weighted by atomic mass is 9.90. The third kappa shape index (κ3) is 2.93. The smallest absolute Gasteiger partial charge is 0.0455 e. The lowest BCUT2D eigenvalue weighted by Gasteiger charge is -2.36. The maximum absolute atomic E-state index is 6.52. The van der Waals surface area contributed by atoms with Gasteiger partial charge in [-0.25, -0.2) is 0 Å². The fourth-order valence-corrected chi connectivity index (χ4v) is 3.18. The van der Waals surface area contributed by atoms with Gasteiger partial charge < -0.3 is 5.73 Å². The lowest BCUT2D eigenvalue weighted by molar-refractivity contribution is 0.157. The number of likely N-dealkylation sites (tertiary alicyclic amines) is 1. The number of hydrogen-bond donors (Lipinski definition) is 1. The van der Waals surface area contributed by atoms with Crippen molar-refractivity contribution >= 4 is 0 Å². The summed E-state index contributed by atoms with van der Waals surface area (Å²) >= 11 is 0. The van der Waals surface area contributed by atoms with Gasteiger partial charge in [-0.3, -0.25) is 4.90 Å². The zero-order chi connectivity index (χ0) is 13.1. The van der Waals surface area contributed by atoms with E-state index in [0.29, 0.717) is 12.0 Å². The Hall–Kier alpha value is -0.860. The van der Waals surface area contributed by atoms with Crippen molar-refractivity contribution in [2.45, 2.75) is 39.3 Å². The zero-order valence-electron chi connectivity index (χ0n) is 11.8. The van der Waals surface area contributed by atoms with Crippen LogP contribution in [0, 0.1) is 11.8 Å². The summed E-state index contributed by atoms with van der Waals surface area (Å²) in [7, 11) is 0. The van der Waals surface area contributed by atoms with Crippen LogP contribution in [0.3, 0.4) is 0 Å². The van der Waals surface area contributed by atoms with Crippen molar-refractivity contribution in [2.75, 3.05) is 13.1 Å². The normalized spacial score (nSPS) is 24.4. The molecule has 2 N–H and O–H groups in total. The lowest BCUT2D eigenvalue weighted by Crippen LogP contribution is -2.45. The summed E-state index contributed by atoms with van der Waals surface area (Å²) in [6.07, 6.45) is 1.31. The molecule has 1 aliphatic heterocycles. The standard InChI is InChI=1S/C16H26N2/c1-12(2)16(18-10-9-13(3)11-18)15(17)14-7-5-4-6-8-14/h4-8,12-13,15-16H,9-11,17H2,1-3H3. The molecule has 18 heavy (non-hydrogen) atoms. The summed E-state index contributed by atoms with van der Waals surface area (Å²) in [5.74, 6) is 1.40. The molecule has 0 saturated carbocycles. The topological polar surface area (TPSA) is 29.3 Å². The van der Waals surface area contributed by atoms with Crippen molar-refractivity contribution in [3.63, 3.8) is 0 Å². The highest BCUT2D eigenvalue weighted by Crippen LogP contribution is 2.29. The van der Waals surface area contributed by atoms with E-state index in [1.807, 2.05) is 0 Å². The van der Waals surface area contributed by atoms with Gasteiger partial charge in [-0.15, -0.1) is 0 Å². The first kappa shape index (κ1) is 13.6. The minimum atomic E-state index is 0.122. The predicted molar refractivity (Wildman–Crippen MR) is 77.4 cm³/mol. The van der Waals surface area contributed by atoms with Crippen LogP contribution in [0.4, 0.5) is 0 Å². The molecule has 0 bridgehead atoms. The number of nitrogens with two attached hydrogens (primary N) is 1. The van der Waals surface area contributed by atoms with Crippen LogP contribution in [0.5, 0.6) is 0 Å². The second-order valence-electron chi connectivity index (χ2n) is 6.06. The summed E-state index contributed by atoms with van der Waals surface area (Å²) in [5.41, 5.74) is 7.78. The molecule has 1 heterocycles. The van der Waals surface area contributed by atoms with Crippen molar-refractivity contribution in [3.05, 3.63) is 35.9 Å². The Morgan fingerprint density at radius 2 is 1.89 bits per heavy atom. The van der Waals surface area contributed by atoms with E-state index in [1.165, 1.54) is 25.1 Å². The fourth-order valence-electron chi connectivity index (χ4n) is 3.18. The first-order valence-corrected chi connectivity index (χ1v) is 7.14. The highest BCUT2D eigenvalue weighted by atomic mass is 15.2. The van der Waals surface area contributed by atoms with Crippen LogP contribution in [0.15, 0.2) is 30.3 Å². The van der Waals surface area contributed by atoms with E-state index in [9.17, 15) is 0 Å². The van der Waals surface area contributed by atoms with Gasteiger partial charge in [0.05, 0.1) is 0 Å². The van der Waals surface area contributed by atoms with Crippen LogP contribution in [0.1, 0.15) is 38.8 Å². The number of rotatable bonds is 4. The molecule has 2 heteroatoms. The van der Waals surface area contributed by atoms with Crippen LogP contribution in [0.25, 0.3) is 0 Å². The van der Waals surface area contributed by atoms with Gasteiger partial charge >= 0.3 is 0 Å². The Labute approximate surface area is 111 Å². The van der Waals surface area contributed by atoms with Gasteiger partial charge in [0.2, 0.25) is 0 Å². The third-order valence-electron chi connectivity index (χ3n) is 4.11. The molecule has 0 aliphatic carbocycles. The number of nitrogens with zero attached hydrogens (tertiary/aromatic N) is 1. The average Bonchev–Trinajstić information content (AvgIpc) is 2.76. The maximum atomic E-state index is 6.52. The van der Waals surface area contributed by atoms with E-state index in [2.05, 4.69) is 56.0 Å². The predicted octanol–water partition coefficient (Wildman–Crippen LogP) is 3.05. The molecule has 1 saturated heterocycles. The summed E-state index contributed by atoms with van der Waals surface area (Å²) < 4.78 is 0. The van der Waals surface area contributed by atoms with Crippen molar-refractivity contribution in [1.29, 1.82) is 0 Å². The fraction of sp³-hybridized carbons (Fsp3) is 0.625. The Morgan fingerprint density at radius 1 is 1.22 bits per heavy atom. The Kier molecular flexibility index (Phi) is 4.41. The number of hydrogen-bond acceptors (Lipinski definition) is 2. The molecular weight excluding hydrogens is 220 g/mol. The van der Waals surface area contributed by atoms with E-state index in [4.69, 9.17) is 5.73 Å². The average molecular weight is 246 g/mol. The Balaban J connectivity index is 2.15. The monoisotopic (exact) mass is 246 g/mol. The second kappa shape index (κ2) is 5.85.